The predicted octanol–water partition coefficient (Wildman–Crippen LogP) is 3.42. The van der Waals surface area contributed by atoms with Gasteiger partial charge in [-0.3, -0.25) is 0 Å². The van der Waals surface area contributed by atoms with E-state index in [-0.39, 0.29) is 12.0 Å². The van der Waals surface area contributed by atoms with Crippen LogP contribution >= 0.6 is 11.3 Å². The largest absolute Gasteiger partial charge is 0.458 e. The molecule has 1 aliphatic heterocycles. The summed E-state index contributed by atoms with van der Waals surface area (Å²) >= 11 is 1.61. The van der Waals surface area contributed by atoms with Gasteiger partial charge in [0.1, 0.15) is 12.6 Å². The summed E-state index contributed by atoms with van der Waals surface area (Å²) in [5.41, 5.74) is 0. The maximum Gasteiger partial charge on any atom is 0.329 e. The van der Waals surface area contributed by atoms with Gasteiger partial charge in [-0.05, 0) is 42.7 Å². The normalized spacial score (nSPS) is 26.2. The Morgan fingerprint density at radius 2 is 2.08 bits per heavy atom. The zero-order chi connectivity index (χ0) is 16.4. The number of aromatic nitrogens is 2. The monoisotopic (exact) mass is 343 g/mol. The second-order valence-corrected chi connectivity index (χ2v) is 7.54. The van der Waals surface area contributed by atoms with E-state index in [1.54, 1.807) is 23.7 Å². The van der Waals surface area contributed by atoms with Gasteiger partial charge in [-0.2, -0.15) is 0 Å². The number of fused-ring (bicyclic) bond motifs is 1. The van der Waals surface area contributed by atoms with Crippen LogP contribution in [0.1, 0.15) is 37.0 Å². The van der Waals surface area contributed by atoms with Crippen LogP contribution in [0.2, 0.25) is 0 Å². The van der Waals surface area contributed by atoms with Crippen molar-refractivity contribution >= 4 is 23.3 Å². The van der Waals surface area contributed by atoms with Gasteiger partial charge in [0.25, 0.3) is 0 Å². The molecule has 0 unspecified atom stereocenters. The number of thiophene rings is 1. The van der Waals surface area contributed by atoms with Crippen molar-refractivity contribution < 1.29 is 9.53 Å². The third kappa shape index (κ3) is 3.02. The Bertz CT molecular complexity index is 677. The molecule has 3 atom stereocenters. The Morgan fingerprint density at radius 3 is 2.88 bits per heavy atom. The van der Waals surface area contributed by atoms with E-state index >= 15 is 0 Å². The van der Waals surface area contributed by atoms with Crippen LogP contribution in [0, 0.1) is 5.92 Å². The highest BCUT2D eigenvalue weighted by molar-refractivity contribution is 7.09. The Morgan fingerprint density at radius 1 is 1.25 bits per heavy atom. The standard InChI is InChI=1S/C18H21N3O2S/c22-17(23-12-14-6-3-10-24-14)16-11-13-5-1-2-7-15(13)21(16)18-19-8-4-9-20-18/h3-4,6,8-10,13,15-16H,1-2,5,7,11-12H2/t13-,15+,16-/m0/s1. The number of nitrogens with zero attached hydrogens (tertiary/aromatic N) is 3. The van der Waals surface area contributed by atoms with E-state index < -0.39 is 0 Å². The first-order valence-electron chi connectivity index (χ1n) is 8.57. The molecular weight excluding hydrogens is 322 g/mol. The number of ether oxygens (including phenoxy) is 1. The maximum absolute atomic E-state index is 12.8. The summed E-state index contributed by atoms with van der Waals surface area (Å²) in [6, 6.07) is 5.87. The highest BCUT2D eigenvalue weighted by Gasteiger charge is 2.47. The number of esters is 1. The molecule has 0 amide bonds. The fourth-order valence-corrected chi connectivity index (χ4v) is 4.63. The summed E-state index contributed by atoms with van der Waals surface area (Å²) in [5.74, 6) is 1.05. The number of carbonyl (C=O) groups is 1. The van der Waals surface area contributed by atoms with Crippen molar-refractivity contribution in [2.45, 2.75) is 50.8 Å². The van der Waals surface area contributed by atoms with E-state index in [0.717, 1.165) is 17.7 Å². The third-order valence-corrected chi connectivity index (χ3v) is 5.93. The van der Waals surface area contributed by atoms with Gasteiger partial charge >= 0.3 is 5.97 Å². The molecule has 2 aromatic rings. The van der Waals surface area contributed by atoms with Crippen LogP contribution < -0.4 is 4.90 Å². The number of hydrogen-bond donors (Lipinski definition) is 0. The third-order valence-electron chi connectivity index (χ3n) is 5.08. The lowest BCUT2D eigenvalue weighted by Crippen LogP contribution is -2.44. The number of hydrogen-bond acceptors (Lipinski definition) is 6. The van der Waals surface area contributed by atoms with Crippen LogP contribution in [0.3, 0.4) is 0 Å². The van der Waals surface area contributed by atoms with Crippen LogP contribution in [0.15, 0.2) is 36.0 Å². The molecule has 5 nitrogen and oxygen atoms in total. The van der Waals surface area contributed by atoms with Crippen molar-refractivity contribution in [3.05, 3.63) is 40.8 Å². The molecule has 1 saturated heterocycles. The highest BCUT2D eigenvalue weighted by atomic mass is 32.1. The van der Waals surface area contributed by atoms with E-state index in [1.165, 1.54) is 19.3 Å². The molecule has 2 aromatic heterocycles. The number of carbonyl (C=O) groups excluding carboxylic acids is 1. The molecule has 2 fully saturated rings. The fourth-order valence-electron chi connectivity index (χ4n) is 4.02. The smallest absolute Gasteiger partial charge is 0.329 e. The van der Waals surface area contributed by atoms with Gasteiger partial charge in [0.15, 0.2) is 0 Å². The second-order valence-electron chi connectivity index (χ2n) is 6.51. The van der Waals surface area contributed by atoms with Gasteiger partial charge in [0.2, 0.25) is 5.95 Å². The molecule has 0 radical (unpaired) electrons. The molecule has 0 aromatic carbocycles. The molecule has 6 heteroatoms. The SMILES string of the molecule is O=C(OCc1cccs1)[C@@H]1C[C@@H]2CCCC[C@H]2N1c1ncccn1. The van der Waals surface area contributed by atoms with Crippen molar-refractivity contribution in [2.75, 3.05) is 4.90 Å². The molecule has 2 aliphatic rings. The predicted molar refractivity (Wildman–Crippen MR) is 92.8 cm³/mol. The highest BCUT2D eigenvalue weighted by Crippen LogP contribution is 2.41. The van der Waals surface area contributed by atoms with Crippen LogP contribution in [0.25, 0.3) is 0 Å². The van der Waals surface area contributed by atoms with Gasteiger partial charge in [-0.15, -0.1) is 11.3 Å². The van der Waals surface area contributed by atoms with E-state index in [4.69, 9.17) is 4.74 Å². The van der Waals surface area contributed by atoms with Crippen LogP contribution in [-0.4, -0.2) is 28.0 Å². The lowest BCUT2D eigenvalue weighted by molar-refractivity contribution is -0.146. The van der Waals surface area contributed by atoms with Gasteiger partial charge in [-0.25, -0.2) is 14.8 Å². The Balaban J connectivity index is 1.54. The summed E-state index contributed by atoms with van der Waals surface area (Å²) < 4.78 is 5.60. The average Bonchev–Trinajstić information content (AvgIpc) is 3.28. The summed E-state index contributed by atoms with van der Waals surface area (Å²) in [6.07, 6.45) is 9.09. The van der Waals surface area contributed by atoms with E-state index in [0.29, 0.717) is 24.5 Å². The Hall–Kier alpha value is -1.95. The van der Waals surface area contributed by atoms with Crippen molar-refractivity contribution in [1.29, 1.82) is 0 Å². The first-order valence-corrected chi connectivity index (χ1v) is 9.45. The first-order chi connectivity index (χ1) is 11.8. The Labute approximate surface area is 145 Å². The minimum absolute atomic E-state index is 0.148. The summed E-state index contributed by atoms with van der Waals surface area (Å²) in [6.45, 7) is 0.353. The van der Waals surface area contributed by atoms with Crippen molar-refractivity contribution in [3.63, 3.8) is 0 Å². The lowest BCUT2D eigenvalue weighted by atomic mass is 9.85. The van der Waals surface area contributed by atoms with Crippen LogP contribution in [0.5, 0.6) is 0 Å². The van der Waals surface area contributed by atoms with E-state index in [9.17, 15) is 4.79 Å². The maximum atomic E-state index is 12.8. The molecule has 24 heavy (non-hydrogen) atoms. The molecule has 4 rings (SSSR count). The summed E-state index contributed by atoms with van der Waals surface area (Å²) in [7, 11) is 0. The summed E-state index contributed by atoms with van der Waals surface area (Å²) in [4.78, 5) is 24.8. The van der Waals surface area contributed by atoms with Gasteiger partial charge in [0, 0.05) is 23.3 Å². The first kappa shape index (κ1) is 15.6. The topological polar surface area (TPSA) is 55.3 Å². The van der Waals surface area contributed by atoms with Crippen molar-refractivity contribution in [1.82, 2.24) is 9.97 Å². The van der Waals surface area contributed by atoms with Gasteiger partial charge in [0.05, 0.1) is 0 Å². The van der Waals surface area contributed by atoms with Gasteiger partial charge < -0.3 is 9.64 Å². The molecule has 1 aliphatic carbocycles. The average molecular weight is 343 g/mol. The Kier molecular flexibility index (Phi) is 4.47. The molecule has 0 N–H and O–H groups in total. The fraction of sp³-hybridized carbons (Fsp3) is 0.500. The minimum Gasteiger partial charge on any atom is -0.458 e. The number of anilines is 1. The van der Waals surface area contributed by atoms with Crippen molar-refractivity contribution in [2.24, 2.45) is 5.92 Å². The van der Waals surface area contributed by atoms with E-state index in [2.05, 4.69) is 14.9 Å². The second kappa shape index (κ2) is 6.89. The molecule has 3 heterocycles. The zero-order valence-electron chi connectivity index (χ0n) is 13.5. The lowest BCUT2D eigenvalue weighted by Gasteiger charge is -2.33. The number of rotatable bonds is 4. The molecule has 126 valence electrons. The minimum atomic E-state index is -0.263. The van der Waals surface area contributed by atoms with E-state index in [1.807, 2.05) is 23.6 Å². The quantitative estimate of drug-likeness (QED) is 0.796. The van der Waals surface area contributed by atoms with Gasteiger partial charge in [-0.1, -0.05) is 18.9 Å². The molecule has 0 bridgehead atoms. The van der Waals surface area contributed by atoms with Crippen LogP contribution in [0.4, 0.5) is 5.95 Å². The molecule has 0 spiro atoms. The van der Waals surface area contributed by atoms with Crippen LogP contribution in [-0.2, 0) is 16.1 Å². The molecular formula is C18H21N3O2S. The van der Waals surface area contributed by atoms with Crippen molar-refractivity contribution in [3.8, 4) is 0 Å². The summed E-state index contributed by atoms with van der Waals surface area (Å²) in [5, 5.41) is 2.00. The molecule has 1 saturated carbocycles. The zero-order valence-corrected chi connectivity index (χ0v) is 14.3.